The van der Waals surface area contributed by atoms with Gasteiger partial charge in [-0.05, 0) is 44.7 Å². The van der Waals surface area contributed by atoms with Crippen LogP contribution < -0.4 is 4.90 Å². The van der Waals surface area contributed by atoms with Crippen molar-refractivity contribution in [2.75, 3.05) is 18.0 Å². The second-order valence-corrected chi connectivity index (χ2v) is 4.09. The van der Waals surface area contributed by atoms with E-state index in [1.165, 1.54) is 43.6 Å². The van der Waals surface area contributed by atoms with Gasteiger partial charge in [0.2, 0.25) is 0 Å². The molecule has 0 atom stereocenters. The molecule has 1 saturated heterocycles. The van der Waals surface area contributed by atoms with Gasteiger partial charge in [0.25, 0.3) is 0 Å². The molecule has 1 aliphatic rings. The van der Waals surface area contributed by atoms with Crippen LogP contribution in [0, 0.1) is 13.8 Å². The first-order valence-electron chi connectivity index (χ1n) is 5.46. The van der Waals surface area contributed by atoms with Gasteiger partial charge in [-0.25, -0.2) is 0 Å². The van der Waals surface area contributed by atoms with Gasteiger partial charge < -0.3 is 4.90 Å². The van der Waals surface area contributed by atoms with Crippen LogP contribution in [0.1, 0.15) is 30.5 Å². The Morgan fingerprint density at radius 1 is 1.14 bits per heavy atom. The van der Waals surface area contributed by atoms with Crippen LogP contribution in [0.5, 0.6) is 0 Å². The standard InChI is InChI=1S/C12H18N2/c1-10-11(2)13-7-6-12(10)14-8-4-3-5-9-14/h6-7H,3-5,8-9H2,1-2H3. The number of hydrogen-bond acceptors (Lipinski definition) is 2. The average Bonchev–Trinajstić information content (AvgIpc) is 2.23. The van der Waals surface area contributed by atoms with E-state index in [0.29, 0.717) is 0 Å². The largest absolute Gasteiger partial charge is 0.371 e. The van der Waals surface area contributed by atoms with Gasteiger partial charge in [-0.3, -0.25) is 4.98 Å². The van der Waals surface area contributed by atoms with Crippen molar-refractivity contribution < 1.29 is 0 Å². The van der Waals surface area contributed by atoms with Gasteiger partial charge in [0.05, 0.1) is 0 Å². The first-order chi connectivity index (χ1) is 6.79. The van der Waals surface area contributed by atoms with E-state index in [4.69, 9.17) is 0 Å². The summed E-state index contributed by atoms with van der Waals surface area (Å²) in [5.41, 5.74) is 3.89. The Bertz CT molecular complexity index is 314. The van der Waals surface area contributed by atoms with Gasteiger partial charge in [-0.15, -0.1) is 0 Å². The Labute approximate surface area is 86.0 Å². The van der Waals surface area contributed by atoms with Gasteiger partial charge in [0.15, 0.2) is 0 Å². The summed E-state index contributed by atoms with van der Waals surface area (Å²) in [5.74, 6) is 0. The summed E-state index contributed by atoms with van der Waals surface area (Å²) in [7, 11) is 0. The second kappa shape index (κ2) is 3.99. The van der Waals surface area contributed by atoms with Crippen LogP contribution in [0.4, 0.5) is 5.69 Å². The minimum Gasteiger partial charge on any atom is -0.371 e. The van der Waals surface area contributed by atoms with Crippen molar-refractivity contribution in [1.29, 1.82) is 0 Å². The maximum atomic E-state index is 4.31. The smallest absolute Gasteiger partial charge is 0.0429 e. The number of pyridine rings is 1. The molecule has 76 valence electrons. The zero-order valence-electron chi connectivity index (χ0n) is 9.08. The van der Waals surface area contributed by atoms with Crippen molar-refractivity contribution in [1.82, 2.24) is 4.98 Å². The van der Waals surface area contributed by atoms with Crippen LogP contribution in [0.15, 0.2) is 12.3 Å². The molecule has 1 aliphatic heterocycles. The Hall–Kier alpha value is -1.05. The zero-order chi connectivity index (χ0) is 9.97. The zero-order valence-corrected chi connectivity index (χ0v) is 9.08. The third-order valence-corrected chi connectivity index (χ3v) is 3.12. The maximum absolute atomic E-state index is 4.31. The maximum Gasteiger partial charge on any atom is 0.0429 e. The number of aromatic nitrogens is 1. The lowest BCUT2D eigenvalue weighted by molar-refractivity contribution is 0.576. The van der Waals surface area contributed by atoms with Gasteiger partial charge in [0.1, 0.15) is 0 Å². The molecule has 0 aliphatic carbocycles. The van der Waals surface area contributed by atoms with Gasteiger partial charge in [-0.1, -0.05) is 0 Å². The Morgan fingerprint density at radius 2 is 1.86 bits per heavy atom. The molecule has 0 unspecified atom stereocenters. The SMILES string of the molecule is Cc1nccc(N2CCCCC2)c1C. The molecule has 2 heterocycles. The highest BCUT2D eigenvalue weighted by Crippen LogP contribution is 2.24. The molecule has 1 fully saturated rings. The summed E-state index contributed by atoms with van der Waals surface area (Å²) >= 11 is 0. The molecule has 0 N–H and O–H groups in total. The molecule has 0 spiro atoms. The molecule has 0 saturated carbocycles. The molecular weight excluding hydrogens is 172 g/mol. The van der Waals surface area contributed by atoms with Crippen LogP contribution in [-0.4, -0.2) is 18.1 Å². The number of anilines is 1. The van der Waals surface area contributed by atoms with Gasteiger partial charge >= 0.3 is 0 Å². The van der Waals surface area contributed by atoms with E-state index >= 15 is 0 Å². The summed E-state index contributed by atoms with van der Waals surface area (Å²) in [6.45, 7) is 6.68. The van der Waals surface area contributed by atoms with E-state index in [2.05, 4.69) is 29.8 Å². The number of nitrogens with zero attached hydrogens (tertiary/aromatic N) is 2. The van der Waals surface area contributed by atoms with Crippen molar-refractivity contribution in [3.63, 3.8) is 0 Å². The van der Waals surface area contributed by atoms with Crippen molar-refractivity contribution >= 4 is 5.69 Å². The summed E-state index contributed by atoms with van der Waals surface area (Å²) < 4.78 is 0. The predicted molar refractivity (Wildman–Crippen MR) is 59.8 cm³/mol. The highest BCUT2D eigenvalue weighted by atomic mass is 15.1. The van der Waals surface area contributed by atoms with Crippen LogP contribution in [0.2, 0.25) is 0 Å². The highest BCUT2D eigenvalue weighted by molar-refractivity contribution is 5.54. The number of piperidine rings is 1. The van der Waals surface area contributed by atoms with Crippen LogP contribution in [0.3, 0.4) is 0 Å². The summed E-state index contributed by atoms with van der Waals surface area (Å²) in [4.78, 5) is 6.80. The Morgan fingerprint density at radius 3 is 2.57 bits per heavy atom. The molecule has 1 aromatic rings. The molecule has 0 amide bonds. The lowest BCUT2D eigenvalue weighted by atomic mass is 10.1. The first kappa shape index (κ1) is 9.50. The number of rotatable bonds is 1. The lowest BCUT2D eigenvalue weighted by Crippen LogP contribution is -2.30. The molecule has 2 heteroatoms. The number of aryl methyl sites for hydroxylation is 1. The van der Waals surface area contributed by atoms with Crippen molar-refractivity contribution in [2.45, 2.75) is 33.1 Å². The minimum absolute atomic E-state index is 1.16. The van der Waals surface area contributed by atoms with Crippen LogP contribution in [0.25, 0.3) is 0 Å². The monoisotopic (exact) mass is 190 g/mol. The molecule has 0 bridgehead atoms. The Balaban J connectivity index is 2.26. The molecule has 1 aromatic heterocycles. The second-order valence-electron chi connectivity index (χ2n) is 4.09. The van der Waals surface area contributed by atoms with Crippen molar-refractivity contribution in [2.24, 2.45) is 0 Å². The topological polar surface area (TPSA) is 16.1 Å². The molecule has 2 rings (SSSR count). The predicted octanol–water partition coefficient (Wildman–Crippen LogP) is 2.69. The highest BCUT2D eigenvalue weighted by Gasteiger charge is 2.13. The van der Waals surface area contributed by atoms with E-state index in [9.17, 15) is 0 Å². The van der Waals surface area contributed by atoms with Gasteiger partial charge in [-0.2, -0.15) is 0 Å². The third-order valence-electron chi connectivity index (χ3n) is 3.12. The fourth-order valence-corrected chi connectivity index (χ4v) is 2.10. The molecular formula is C12H18N2. The Kier molecular flexibility index (Phi) is 2.71. The molecule has 0 aromatic carbocycles. The summed E-state index contributed by atoms with van der Waals surface area (Å²) in [5, 5.41) is 0. The first-order valence-corrected chi connectivity index (χ1v) is 5.46. The lowest BCUT2D eigenvalue weighted by Gasteiger charge is -2.30. The molecule has 14 heavy (non-hydrogen) atoms. The summed E-state index contributed by atoms with van der Waals surface area (Å²) in [6, 6.07) is 2.15. The van der Waals surface area contributed by atoms with Crippen molar-refractivity contribution in [3.8, 4) is 0 Å². The van der Waals surface area contributed by atoms with Crippen molar-refractivity contribution in [3.05, 3.63) is 23.5 Å². The average molecular weight is 190 g/mol. The molecule has 2 nitrogen and oxygen atoms in total. The fourth-order valence-electron chi connectivity index (χ4n) is 2.10. The van der Waals surface area contributed by atoms with E-state index in [1.807, 2.05) is 6.20 Å². The quantitative estimate of drug-likeness (QED) is 0.677. The summed E-state index contributed by atoms with van der Waals surface area (Å²) in [6.07, 6.45) is 5.98. The van der Waals surface area contributed by atoms with E-state index in [1.54, 1.807) is 0 Å². The third kappa shape index (κ3) is 1.74. The van der Waals surface area contributed by atoms with E-state index in [-0.39, 0.29) is 0 Å². The van der Waals surface area contributed by atoms with E-state index < -0.39 is 0 Å². The minimum atomic E-state index is 1.16. The van der Waals surface area contributed by atoms with E-state index in [0.717, 1.165) is 5.69 Å². The van der Waals surface area contributed by atoms with Crippen LogP contribution in [-0.2, 0) is 0 Å². The number of hydrogen-bond donors (Lipinski definition) is 0. The normalized spacial score (nSPS) is 17.1. The molecule has 0 radical (unpaired) electrons. The van der Waals surface area contributed by atoms with Crippen LogP contribution >= 0.6 is 0 Å². The van der Waals surface area contributed by atoms with Gasteiger partial charge in [0, 0.05) is 30.7 Å². The fraction of sp³-hybridized carbons (Fsp3) is 0.583.